The molecule has 5 heteroatoms. The summed E-state index contributed by atoms with van der Waals surface area (Å²) in [4.78, 5) is 26.4. The van der Waals surface area contributed by atoms with Crippen molar-refractivity contribution in [2.24, 2.45) is 0 Å². The van der Waals surface area contributed by atoms with Crippen LogP contribution in [0.4, 0.5) is 0 Å². The molecule has 2 aliphatic rings. The monoisotopic (exact) mass is 331 g/mol. The summed E-state index contributed by atoms with van der Waals surface area (Å²) in [5, 5.41) is 3.02. The third-order valence-electron chi connectivity index (χ3n) is 5.50. The molecule has 3 rings (SSSR count). The van der Waals surface area contributed by atoms with Gasteiger partial charge >= 0.3 is 0 Å². The van der Waals surface area contributed by atoms with Crippen LogP contribution >= 0.6 is 0 Å². The van der Waals surface area contributed by atoms with Crippen LogP contribution in [0, 0.1) is 0 Å². The first-order valence-electron chi connectivity index (χ1n) is 9.33. The maximum Gasteiger partial charge on any atom is 0.239 e. The van der Waals surface area contributed by atoms with Gasteiger partial charge < -0.3 is 14.8 Å². The molecule has 132 valence electrons. The van der Waals surface area contributed by atoms with Gasteiger partial charge in [-0.2, -0.15) is 0 Å². The highest BCUT2D eigenvalue weighted by atomic mass is 16.2. The quantitative estimate of drug-likeness (QED) is 0.871. The topological polar surface area (TPSA) is 54.3 Å². The number of fused-ring (bicyclic) bond motifs is 1. The third kappa shape index (κ3) is 4.07. The Bertz CT molecular complexity index is 587. The first-order chi connectivity index (χ1) is 11.6. The van der Waals surface area contributed by atoms with Crippen LogP contribution in [0.5, 0.6) is 0 Å². The molecular formula is C19H29N3O2. The predicted molar refractivity (Wildman–Crippen MR) is 94.2 cm³/mol. The van der Waals surface area contributed by atoms with Gasteiger partial charge in [-0.15, -0.1) is 0 Å². The largest absolute Gasteiger partial charge is 0.353 e. The van der Waals surface area contributed by atoms with E-state index in [0.717, 1.165) is 30.6 Å². The number of nitrogens with one attached hydrogen (secondary N) is 1. The molecule has 24 heavy (non-hydrogen) atoms. The van der Waals surface area contributed by atoms with E-state index in [-0.39, 0.29) is 11.7 Å². The Morgan fingerprint density at radius 3 is 2.83 bits per heavy atom. The van der Waals surface area contributed by atoms with Crippen molar-refractivity contribution in [3.63, 3.8) is 0 Å². The molecule has 1 amide bonds. The van der Waals surface area contributed by atoms with Crippen LogP contribution < -0.4 is 5.32 Å². The summed E-state index contributed by atoms with van der Waals surface area (Å²) >= 11 is 0. The molecule has 1 saturated carbocycles. The average Bonchev–Trinajstić information content (AvgIpc) is 3.00. The minimum Gasteiger partial charge on any atom is -0.353 e. The van der Waals surface area contributed by atoms with Crippen LogP contribution in [0.25, 0.3) is 0 Å². The summed E-state index contributed by atoms with van der Waals surface area (Å²) in [6.45, 7) is 1.91. The average molecular weight is 331 g/mol. The van der Waals surface area contributed by atoms with Crippen LogP contribution in [0.1, 0.15) is 61.0 Å². The number of aromatic nitrogens is 1. The lowest BCUT2D eigenvalue weighted by atomic mass is 9.94. The molecule has 1 N–H and O–H groups in total. The summed E-state index contributed by atoms with van der Waals surface area (Å²) < 4.78 is 1.94. The van der Waals surface area contributed by atoms with Gasteiger partial charge in [-0.05, 0) is 38.8 Å². The molecule has 1 aromatic heterocycles. The number of hydrogen-bond donors (Lipinski definition) is 1. The number of rotatable bonds is 6. The highest BCUT2D eigenvalue weighted by Crippen LogP contribution is 2.22. The van der Waals surface area contributed by atoms with E-state index in [4.69, 9.17) is 0 Å². The second-order valence-corrected chi connectivity index (χ2v) is 7.20. The third-order valence-corrected chi connectivity index (χ3v) is 5.50. The fourth-order valence-corrected chi connectivity index (χ4v) is 4.02. The maximum absolute atomic E-state index is 12.2. The lowest BCUT2D eigenvalue weighted by molar-refractivity contribution is -0.121. The van der Waals surface area contributed by atoms with E-state index < -0.39 is 0 Å². The van der Waals surface area contributed by atoms with Gasteiger partial charge in [0.1, 0.15) is 6.54 Å². The number of ketones is 1. The summed E-state index contributed by atoms with van der Waals surface area (Å²) in [6, 6.07) is 2.54. The van der Waals surface area contributed by atoms with Crippen LogP contribution in [-0.4, -0.2) is 47.3 Å². The summed E-state index contributed by atoms with van der Waals surface area (Å²) in [5.41, 5.74) is 1.84. The lowest BCUT2D eigenvalue weighted by Gasteiger charge is -2.31. The van der Waals surface area contributed by atoms with E-state index in [2.05, 4.69) is 17.3 Å². The van der Waals surface area contributed by atoms with Crippen molar-refractivity contribution in [1.82, 2.24) is 14.8 Å². The summed E-state index contributed by atoms with van der Waals surface area (Å²) in [5.74, 6) is 0.244. The van der Waals surface area contributed by atoms with Gasteiger partial charge in [0.25, 0.3) is 0 Å². The molecule has 0 spiro atoms. The minimum atomic E-state index is 0.0310. The van der Waals surface area contributed by atoms with Crippen molar-refractivity contribution in [1.29, 1.82) is 0 Å². The number of likely N-dealkylation sites (N-methyl/N-ethyl adjacent to an activating group) is 1. The molecule has 2 aliphatic carbocycles. The Morgan fingerprint density at radius 2 is 2.04 bits per heavy atom. The fraction of sp³-hybridized carbons (Fsp3) is 0.684. The molecule has 0 bridgehead atoms. The van der Waals surface area contributed by atoms with E-state index in [1.807, 2.05) is 16.8 Å². The van der Waals surface area contributed by atoms with Crippen molar-refractivity contribution in [3.8, 4) is 0 Å². The lowest BCUT2D eigenvalue weighted by Crippen LogP contribution is -2.40. The fourth-order valence-electron chi connectivity index (χ4n) is 4.02. The highest BCUT2D eigenvalue weighted by Gasteiger charge is 2.21. The zero-order valence-electron chi connectivity index (χ0n) is 14.7. The molecule has 1 fully saturated rings. The molecule has 0 saturated heterocycles. The van der Waals surface area contributed by atoms with Crippen LogP contribution in [0.2, 0.25) is 0 Å². The normalized spacial score (nSPS) is 18.7. The smallest absolute Gasteiger partial charge is 0.239 e. The van der Waals surface area contributed by atoms with Gasteiger partial charge in [-0.3, -0.25) is 9.59 Å². The Hall–Kier alpha value is -1.62. The number of nitrogens with zero attached hydrogens (tertiary/aromatic N) is 2. The summed E-state index contributed by atoms with van der Waals surface area (Å²) in [7, 11) is 2.16. The van der Waals surface area contributed by atoms with Crippen molar-refractivity contribution in [2.45, 2.75) is 64.0 Å². The number of amides is 1. The maximum atomic E-state index is 12.2. The Balaban J connectivity index is 1.44. The molecule has 0 unspecified atom stereocenters. The standard InChI is InChI=1S/C19H29N3O2/c1-21(15-6-3-2-4-7-15)13-11-20-19(24)14-22-12-10-16-17(22)8-5-9-18(16)23/h10,12,15H,2-9,11,13-14H2,1H3,(H,20,24). The first kappa shape index (κ1) is 17.2. The van der Waals surface area contributed by atoms with Crippen molar-refractivity contribution < 1.29 is 9.59 Å². The van der Waals surface area contributed by atoms with Crippen molar-refractivity contribution in [2.75, 3.05) is 20.1 Å². The van der Waals surface area contributed by atoms with Gasteiger partial charge in [-0.1, -0.05) is 19.3 Å². The van der Waals surface area contributed by atoms with Gasteiger partial charge in [0.2, 0.25) is 5.91 Å². The van der Waals surface area contributed by atoms with Gasteiger partial charge in [0, 0.05) is 43.0 Å². The number of Topliss-reactive ketones (excluding diaryl/α,β-unsaturated/α-hetero) is 1. The number of carbonyl (C=O) groups is 2. The SMILES string of the molecule is CN(CCNC(=O)Cn1ccc2c1CCCC2=O)C1CCCCC1. The molecule has 0 aliphatic heterocycles. The van der Waals surface area contributed by atoms with Crippen LogP contribution in [0.3, 0.4) is 0 Å². The molecule has 1 aromatic rings. The second-order valence-electron chi connectivity index (χ2n) is 7.20. The number of carbonyl (C=O) groups excluding carboxylic acids is 2. The first-order valence-corrected chi connectivity index (χ1v) is 9.33. The highest BCUT2D eigenvalue weighted by molar-refractivity contribution is 5.98. The van der Waals surface area contributed by atoms with E-state index in [1.54, 1.807) is 0 Å². The summed E-state index contributed by atoms with van der Waals surface area (Å²) in [6.07, 6.45) is 10.9. The molecule has 0 aromatic carbocycles. The molecule has 0 atom stereocenters. The van der Waals surface area contributed by atoms with E-state index in [0.29, 0.717) is 25.6 Å². The Morgan fingerprint density at radius 1 is 1.25 bits per heavy atom. The predicted octanol–water partition coefficient (Wildman–Crippen LogP) is 2.39. The molecular weight excluding hydrogens is 302 g/mol. The van der Waals surface area contributed by atoms with Gasteiger partial charge in [-0.25, -0.2) is 0 Å². The van der Waals surface area contributed by atoms with Crippen LogP contribution in [-0.2, 0) is 17.8 Å². The molecule has 0 radical (unpaired) electrons. The van der Waals surface area contributed by atoms with Gasteiger partial charge in [0.05, 0.1) is 0 Å². The van der Waals surface area contributed by atoms with E-state index >= 15 is 0 Å². The molecule has 1 heterocycles. The van der Waals surface area contributed by atoms with Gasteiger partial charge in [0.15, 0.2) is 5.78 Å². The zero-order valence-corrected chi connectivity index (χ0v) is 14.7. The van der Waals surface area contributed by atoms with Crippen molar-refractivity contribution in [3.05, 3.63) is 23.5 Å². The van der Waals surface area contributed by atoms with E-state index in [9.17, 15) is 9.59 Å². The number of hydrogen-bond acceptors (Lipinski definition) is 3. The Labute approximate surface area is 144 Å². The second kappa shape index (κ2) is 7.97. The van der Waals surface area contributed by atoms with Crippen molar-refractivity contribution >= 4 is 11.7 Å². The Kier molecular flexibility index (Phi) is 5.72. The zero-order chi connectivity index (χ0) is 16.9. The molecule has 5 nitrogen and oxygen atoms in total. The minimum absolute atomic E-state index is 0.0310. The van der Waals surface area contributed by atoms with E-state index in [1.165, 1.54) is 32.1 Å². The van der Waals surface area contributed by atoms with Crippen LogP contribution in [0.15, 0.2) is 12.3 Å².